The Morgan fingerprint density at radius 1 is 1.17 bits per heavy atom. The van der Waals surface area contributed by atoms with Gasteiger partial charge in [0.2, 0.25) is 5.91 Å². The molecular weight excluding hydrogens is 450 g/mol. The van der Waals surface area contributed by atoms with E-state index in [9.17, 15) is 14.4 Å². The molecule has 10 nitrogen and oxygen atoms in total. The van der Waals surface area contributed by atoms with Gasteiger partial charge in [-0.3, -0.25) is 19.4 Å². The van der Waals surface area contributed by atoms with Gasteiger partial charge in [0.15, 0.2) is 0 Å². The number of carbonyl (C=O) groups excluding carboxylic acids is 2. The molecule has 2 amide bonds. The van der Waals surface area contributed by atoms with E-state index >= 15 is 0 Å². The van der Waals surface area contributed by atoms with Crippen molar-refractivity contribution in [2.75, 3.05) is 20.8 Å². The number of nitrogens with zero attached hydrogens (tertiary/aromatic N) is 3. The van der Waals surface area contributed by atoms with E-state index in [0.717, 1.165) is 27.9 Å². The lowest BCUT2D eigenvalue weighted by Gasteiger charge is -2.31. The number of fused-ring (bicyclic) bond motifs is 1. The van der Waals surface area contributed by atoms with Gasteiger partial charge in [-0.05, 0) is 54.3 Å². The van der Waals surface area contributed by atoms with Gasteiger partial charge < -0.3 is 19.7 Å². The summed E-state index contributed by atoms with van der Waals surface area (Å²) in [5, 5.41) is 8.86. The van der Waals surface area contributed by atoms with E-state index in [1.165, 1.54) is 12.1 Å². The zero-order chi connectivity index (χ0) is 24.9. The summed E-state index contributed by atoms with van der Waals surface area (Å²) in [5.41, 5.74) is 4.33. The van der Waals surface area contributed by atoms with E-state index in [1.54, 1.807) is 32.5 Å². The summed E-state index contributed by atoms with van der Waals surface area (Å²) in [6.45, 7) is 3.17. The first kappa shape index (κ1) is 23.9. The molecule has 0 fully saturated rings. The third kappa shape index (κ3) is 5.32. The predicted molar refractivity (Wildman–Crippen MR) is 127 cm³/mol. The van der Waals surface area contributed by atoms with Gasteiger partial charge in [-0.1, -0.05) is 0 Å². The van der Waals surface area contributed by atoms with Crippen LogP contribution in [0.4, 0.5) is 0 Å². The van der Waals surface area contributed by atoms with Crippen LogP contribution in [0.25, 0.3) is 0 Å². The number of pyridine rings is 1. The Hall–Kier alpha value is -4.21. The summed E-state index contributed by atoms with van der Waals surface area (Å²) in [4.78, 5) is 43.0. The van der Waals surface area contributed by atoms with Gasteiger partial charge in [-0.2, -0.15) is 5.10 Å². The Morgan fingerprint density at radius 2 is 2.00 bits per heavy atom. The minimum Gasteiger partial charge on any atom is -0.497 e. The quantitative estimate of drug-likeness (QED) is 0.529. The molecule has 0 bridgehead atoms. The molecular formula is C25H27N5O5. The number of benzene rings is 1. The molecule has 0 atom stereocenters. The minimum absolute atomic E-state index is 0.0122. The molecule has 0 saturated carbocycles. The number of hydrogen-bond acceptors (Lipinski definition) is 7. The number of ether oxygens (including phenoxy) is 2. The van der Waals surface area contributed by atoms with Crippen LogP contribution in [0.3, 0.4) is 0 Å². The van der Waals surface area contributed by atoms with Crippen molar-refractivity contribution in [2.45, 2.75) is 32.9 Å². The zero-order valence-electron chi connectivity index (χ0n) is 19.9. The van der Waals surface area contributed by atoms with E-state index in [0.29, 0.717) is 31.0 Å². The Bertz CT molecular complexity index is 1300. The average Bonchev–Trinajstić information content (AvgIpc) is 2.88. The second-order valence-electron chi connectivity index (χ2n) is 8.23. The number of methoxy groups -OCH3 is 2. The van der Waals surface area contributed by atoms with Gasteiger partial charge in [0, 0.05) is 43.2 Å². The molecule has 1 aromatic carbocycles. The maximum absolute atomic E-state index is 13.1. The highest BCUT2D eigenvalue weighted by Crippen LogP contribution is 2.27. The highest BCUT2D eigenvalue weighted by atomic mass is 16.5. The SMILES string of the molecule is COc1ccc(OC)c(CC(=O)N2CCc3c(cnc(C)c3CNC(=O)c3ccc(=O)[nH]n3)C2)c1. The van der Waals surface area contributed by atoms with E-state index in [4.69, 9.17) is 9.47 Å². The molecule has 35 heavy (non-hydrogen) atoms. The van der Waals surface area contributed by atoms with Crippen LogP contribution in [0.15, 0.2) is 41.3 Å². The van der Waals surface area contributed by atoms with E-state index in [1.807, 2.05) is 17.9 Å². The molecule has 0 saturated heterocycles. The van der Waals surface area contributed by atoms with E-state index in [2.05, 4.69) is 20.5 Å². The van der Waals surface area contributed by atoms with Crippen LogP contribution < -0.4 is 20.3 Å². The Labute approximate surface area is 202 Å². The number of H-pyrrole nitrogens is 1. The van der Waals surface area contributed by atoms with Crippen LogP contribution in [0.5, 0.6) is 11.5 Å². The van der Waals surface area contributed by atoms with Crippen LogP contribution in [0.2, 0.25) is 0 Å². The fourth-order valence-electron chi connectivity index (χ4n) is 4.19. The highest BCUT2D eigenvalue weighted by Gasteiger charge is 2.25. The standard InChI is InChI=1S/C25H27N5O5/c1-15-20(13-27-25(33)21-5-7-23(31)29-28-21)19-8-9-30(14-17(19)12-26-15)24(32)11-16-10-18(34-2)4-6-22(16)35-3/h4-7,10,12H,8-9,11,13-14H2,1-3H3,(H,27,33)(H,29,31). The monoisotopic (exact) mass is 477 g/mol. The second-order valence-corrected chi connectivity index (χ2v) is 8.23. The largest absolute Gasteiger partial charge is 0.497 e. The van der Waals surface area contributed by atoms with Crippen molar-refractivity contribution < 1.29 is 19.1 Å². The van der Waals surface area contributed by atoms with Crippen LogP contribution in [-0.2, 0) is 30.7 Å². The van der Waals surface area contributed by atoms with Crippen LogP contribution in [0.1, 0.15) is 38.4 Å². The molecule has 0 radical (unpaired) electrons. The maximum Gasteiger partial charge on any atom is 0.271 e. The topological polar surface area (TPSA) is 127 Å². The smallest absolute Gasteiger partial charge is 0.271 e. The number of amides is 2. The number of hydrogen-bond donors (Lipinski definition) is 2. The van der Waals surface area contributed by atoms with Crippen molar-refractivity contribution >= 4 is 11.8 Å². The Balaban J connectivity index is 1.46. The number of nitrogens with one attached hydrogen (secondary N) is 2. The minimum atomic E-state index is -0.391. The molecule has 2 aromatic heterocycles. The van der Waals surface area contributed by atoms with Crippen LogP contribution >= 0.6 is 0 Å². The average molecular weight is 478 g/mol. The molecule has 0 spiro atoms. The second kappa shape index (κ2) is 10.4. The molecule has 0 aliphatic carbocycles. The van der Waals surface area contributed by atoms with Gasteiger partial charge in [0.1, 0.15) is 17.2 Å². The van der Waals surface area contributed by atoms with Gasteiger partial charge >= 0.3 is 0 Å². The Morgan fingerprint density at radius 3 is 2.71 bits per heavy atom. The molecule has 10 heteroatoms. The lowest BCUT2D eigenvalue weighted by Crippen LogP contribution is -2.38. The third-order valence-electron chi connectivity index (χ3n) is 6.12. The van der Waals surface area contributed by atoms with Crippen molar-refractivity contribution in [1.82, 2.24) is 25.4 Å². The zero-order valence-corrected chi connectivity index (χ0v) is 19.9. The number of aromatic nitrogens is 3. The predicted octanol–water partition coefficient (Wildman–Crippen LogP) is 1.55. The first-order valence-electron chi connectivity index (χ1n) is 11.2. The Kier molecular flexibility index (Phi) is 7.09. The van der Waals surface area contributed by atoms with Crippen molar-refractivity contribution in [3.05, 3.63) is 80.5 Å². The third-order valence-corrected chi connectivity index (χ3v) is 6.12. The number of carbonyl (C=O) groups is 2. The lowest BCUT2D eigenvalue weighted by atomic mass is 9.94. The summed E-state index contributed by atoms with van der Waals surface area (Å²) in [5.74, 6) is 0.907. The van der Waals surface area contributed by atoms with Gasteiger partial charge in [0.25, 0.3) is 11.5 Å². The number of rotatable bonds is 7. The van der Waals surface area contributed by atoms with E-state index in [-0.39, 0.29) is 30.1 Å². The van der Waals surface area contributed by atoms with Gasteiger partial charge in [-0.25, -0.2) is 5.10 Å². The summed E-state index contributed by atoms with van der Waals surface area (Å²) in [7, 11) is 3.16. The highest BCUT2D eigenvalue weighted by molar-refractivity contribution is 5.92. The first-order chi connectivity index (χ1) is 16.9. The van der Waals surface area contributed by atoms with Crippen molar-refractivity contribution in [1.29, 1.82) is 0 Å². The molecule has 0 unspecified atom stereocenters. The molecule has 2 N–H and O–H groups in total. The number of aromatic amines is 1. The maximum atomic E-state index is 13.1. The molecule has 1 aliphatic heterocycles. The van der Waals surface area contributed by atoms with Crippen molar-refractivity contribution in [2.24, 2.45) is 0 Å². The summed E-state index contributed by atoms with van der Waals surface area (Å²) in [6.07, 6.45) is 2.65. The van der Waals surface area contributed by atoms with Gasteiger partial charge in [0.05, 0.1) is 20.6 Å². The molecule has 3 heterocycles. The lowest BCUT2D eigenvalue weighted by molar-refractivity contribution is -0.131. The van der Waals surface area contributed by atoms with Crippen LogP contribution in [0, 0.1) is 6.92 Å². The molecule has 1 aliphatic rings. The normalized spacial score (nSPS) is 12.6. The summed E-state index contributed by atoms with van der Waals surface area (Å²) < 4.78 is 10.7. The summed E-state index contributed by atoms with van der Waals surface area (Å²) >= 11 is 0. The van der Waals surface area contributed by atoms with Gasteiger partial charge in [-0.15, -0.1) is 0 Å². The fraction of sp³-hybridized carbons (Fsp3) is 0.320. The number of aryl methyl sites for hydroxylation is 1. The molecule has 182 valence electrons. The molecule has 3 aromatic rings. The molecule has 4 rings (SSSR count). The van der Waals surface area contributed by atoms with Crippen molar-refractivity contribution in [3.8, 4) is 11.5 Å². The first-order valence-corrected chi connectivity index (χ1v) is 11.2. The van der Waals surface area contributed by atoms with Crippen LogP contribution in [-0.4, -0.2) is 52.7 Å². The van der Waals surface area contributed by atoms with E-state index < -0.39 is 5.91 Å². The fourth-order valence-corrected chi connectivity index (χ4v) is 4.19. The summed E-state index contributed by atoms with van der Waals surface area (Å²) in [6, 6.07) is 8.04. The van der Waals surface area contributed by atoms with Crippen molar-refractivity contribution in [3.63, 3.8) is 0 Å².